The maximum Gasteiger partial charge on any atom is 0.292 e. The van der Waals surface area contributed by atoms with E-state index in [0.717, 1.165) is 12.1 Å². The summed E-state index contributed by atoms with van der Waals surface area (Å²) in [6.07, 6.45) is 2.73. The second kappa shape index (κ2) is 12.9. The molecular weight excluding hydrogens is 692 g/mol. The normalized spacial score (nSPS) is 20.3. The van der Waals surface area contributed by atoms with Crippen molar-refractivity contribution < 1.29 is 31.6 Å². The average Bonchev–Trinajstić information content (AvgIpc) is 3.76. The standard InChI is InChI=1S/C39H38F3N5O4S/c1-22(2)18-45-52(6,48)25-14-30(42)36-31(15-25)47(34-20-49-21-38(34,3)4)35(46-36)13-24-12-29(41)27(16-28(24)40)26-8-7-9-32-37(26)51-39(5,50-32)33-11-10-23(17-43)19-44-33/h7-12,14-16,19,22,34H,13,18,20-21H2,1-6H3/t34-,39+,52-/m1/s1. The highest BCUT2D eigenvalue weighted by molar-refractivity contribution is 7.93. The van der Waals surface area contributed by atoms with Gasteiger partial charge in [0.1, 0.15) is 34.7 Å². The van der Waals surface area contributed by atoms with Gasteiger partial charge in [-0.2, -0.15) is 5.26 Å². The van der Waals surface area contributed by atoms with E-state index < -0.39 is 38.4 Å². The van der Waals surface area contributed by atoms with Crippen LogP contribution in [0.15, 0.2) is 70.1 Å². The second-order valence-corrected chi connectivity index (χ2v) is 17.0. The van der Waals surface area contributed by atoms with Gasteiger partial charge in [0, 0.05) is 42.3 Å². The first-order valence-corrected chi connectivity index (χ1v) is 18.8. The molecule has 3 aromatic carbocycles. The summed E-state index contributed by atoms with van der Waals surface area (Å²) in [7, 11) is -2.94. The molecule has 1 fully saturated rings. The van der Waals surface area contributed by atoms with E-state index >= 15 is 13.2 Å². The Balaban J connectivity index is 1.28. The summed E-state index contributed by atoms with van der Waals surface area (Å²) >= 11 is 0. The fraction of sp³-hybridized carbons (Fsp3) is 0.359. The summed E-state index contributed by atoms with van der Waals surface area (Å²) in [5.41, 5.74) is 1.02. The molecule has 1 saturated heterocycles. The Labute approximate surface area is 300 Å². The van der Waals surface area contributed by atoms with Gasteiger partial charge in [-0.3, -0.25) is 4.98 Å². The maximum absolute atomic E-state index is 16.1. The van der Waals surface area contributed by atoms with E-state index in [0.29, 0.717) is 48.1 Å². The summed E-state index contributed by atoms with van der Waals surface area (Å²) < 4.78 is 86.2. The van der Waals surface area contributed by atoms with Crippen LogP contribution in [0.5, 0.6) is 11.5 Å². The number of rotatable bonds is 8. The predicted molar refractivity (Wildman–Crippen MR) is 190 cm³/mol. The van der Waals surface area contributed by atoms with Gasteiger partial charge in [0.05, 0.1) is 51.5 Å². The summed E-state index contributed by atoms with van der Waals surface area (Å²) in [5, 5.41) is 9.15. The number of nitriles is 1. The number of halogens is 3. The van der Waals surface area contributed by atoms with Gasteiger partial charge >= 0.3 is 0 Å². The highest BCUT2D eigenvalue weighted by atomic mass is 32.2. The Morgan fingerprint density at radius 1 is 1.04 bits per heavy atom. The monoisotopic (exact) mass is 729 g/mol. The Morgan fingerprint density at radius 2 is 1.83 bits per heavy atom. The zero-order chi connectivity index (χ0) is 37.2. The number of imidazole rings is 1. The number of benzene rings is 3. The Bertz CT molecular complexity index is 2400. The number of aromatic nitrogens is 3. The summed E-state index contributed by atoms with van der Waals surface area (Å²) in [4.78, 5) is 9.17. The molecule has 3 atom stereocenters. The minimum Gasteiger partial charge on any atom is -0.443 e. The van der Waals surface area contributed by atoms with Crippen molar-refractivity contribution in [2.45, 2.75) is 57.8 Å². The molecule has 0 bridgehead atoms. The molecular formula is C39H38F3N5O4S. The first-order chi connectivity index (χ1) is 24.6. The number of ether oxygens (including phenoxy) is 3. The first kappa shape index (κ1) is 35.5. The molecule has 9 nitrogen and oxygen atoms in total. The molecule has 0 N–H and O–H groups in total. The van der Waals surface area contributed by atoms with Crippen LogP contribution in [0.25, 0.3) is 22.2 Å². The van der Waals surface area contributed by atoms with Crippen LogP contribution in [0.1, 0.15) is 63.3 Å². The minimum absolute atomic E-state index is 0.0118. The lowest BCUT2D eigenvalue weighted by molar-refractivity contribution is -0.0715. The average molecular weight is 730 g/mol. The van der Waals surface area contributed by atoms with Gasteiger partial charge in [0.2, 0.25) is 0 Å². The predicted octanol–water partition coefficient (Wildman–Crippen LogP) is 8.33. The van der Waals surface area contributed by atoms with E-state index in [1.165, 1.54) is 18.5 Å². The van der Waals surface area contributed by atoms with Crippen LogP contribution in [0.3, 0.4) is 0 Å². The van der Waals surface area contributed by atoms with Crippen molar-refractivity contribution in [1.29, 1.82) is 5.26 Å². The van der Waals surface area contributed by atoms with Gasteiger partial charge in [-0.1, -0.05) is 39.8 Å². The van der Waals surface area contributed by atoms with Crippen LogP contribution in [0.4, 0.5) is 13.2 Å². The van der Waals surface area contributed by atoms with Crippen molar-refractivity contribution in [2.24, 2.45) is 15.7 Å². The van der Waals surface area contributed by atoms with Crippen LogP contribution >= 0.6 is 0 Å². The number of pyridine rings is 1. The van der Waals surface area contributed by atoms with Gasteiger partial charge in [0.25, 0.3) is 5.79 Å². The molecule has 5 aromatic rings. The third-order valence-electron chi connectivity index (χ3n) is 9.60. The molecule has 2 aliphatic rings. The van der Waals surface area contributed by atoms with Crippen molar-refractivity contribution in [3.63, 3.8) is 0 Å². The van der Waals surface area contributed by atoms with Gasteiger partial charge in [-0.05, 0) is 53.9 Å². The van der Waals surface area contributed by atoms with Gasteiger partial charge in [-0.25, -0.2) is 26.7 Å². The lowest BCUT2D eigenvalue weighted by atomic mass is 9.87. The molecule has 7 rings (SSSR count). The summed E-state index contributed by atoms with van der Waals surface area (Å²) in [5.74, 6) is -2.45. The number of para-hydroxylation sites is 1. The van der Waals surface area contributed by atoms with Crippen molar-refractivity contribution in [1.82, 2.24) is 14.5 Å². The van der Waals surface area contributed by atoms with Crippen LogP contribution in [-0.2, 0) is 26.7 Å². The zero-order valence-corrected chi connectivity index (χ0v) is 30.5. The highest BCUT2D eigenvalue weighted by Crippen LogP contribution is 2.49. The first-order valence-electron chi connectivity index (χ1n) is 16.9. The third kappa shape index (κ3) is 6.28. The highest BCUT2D eigenvalue weighted by Gasteiger charge is 2.42. The third-order valence-corrected chi connectivity index (χ3v) is 11.3. The van der Waals surface area contributed by atoms with Crippen LogP contribution in [-0.4, -0.2) is 44.8 Å². The number of hydrogen-bond donors (Lipinski definition) is 0. The molecule has 0 aliphatic carbocycles. The van der Waals surface area contributed by atoms with Gasteiger partial charge in [-0.15, -0.1) is 0 Å². The van der Waals surface area contributed by atoms with E-state index in [1.807, 2.05) is 38.3 Å². The van der Waals surface area contributed by atoms with Gasteiger partial charge < -0.3 is 18.8 Å². The van der Waals surface area contributed by atoms with Crippen LogP contribution < -0.4 is 9.47 Å². The smallest absolute Gasteiger partial charge is 0.292 e. The maximum atomic E-state index is 16.1. The topological polar surface area (TPSA) is 112 Å². The van der Waals surface area contributed by atoms with Crippen molar-refractivity contribution in [2.75, 3.05) is 26.0 Å². The molecule has 0 unspecified atom stereocenters. The summed E-state index contributed by atoms with van der Waals surface area (Å²) in [6.45, 7) is 10.7. The molecule has 52 heavy (non-hydrogen) atoms. The van der Waals surface area contributed by atoms with Crippen molar-refractivity contribution in [3.8, 4) is 28.7 Å². The molecule has 0 radical (unpaired) electrons. The lowest BCUT2D eigenvalue weighted by Crippen LogP contribution is -2.32. The Kier molecular flexibility index (Phi) is 8.82. The van der Waals surface area contributed by atoms with Gasteiger partial charge in [0.15, 0.2) is 17.3 Å². The number of hydrogen-bond acceptors (Lipinski definition) is 8. The zero-order valence-electron chi connectivity index (χ0n) is 29.7. The van der Waals surface area contributed by atoms with Crippen LogP contribution in [0.2, 0.25) is 0 Å². The molecule has 0 spiro atoms. The van der Waals surface area contributed by atoms with Crippen LogP contribution in [0, 0.1) is 40.1 Å². The largest absolute Gasteiger partial charge is 0.443 e. The molecule has 0 amide bonds. The fourth-order valence-corrected chi connectivity index (χ4v) is 8.07. The number of fused-ring (bicyclic) bond motifs is 2. The Hall–Kier alpha value is -4.93. The Morgan fingerprint density at radius 3 is 2.50 bits per heavy atom. The van der Waals surface area contributed by atoms with E-state index in [4.69, 9.17) is 19.5 Å². The lowest BCUT2D eigenvalue weighted by Gasteiger charge is -2.28. The van der Waals surface area contributed by atoms with E-state index in [2.05, 4.69) is 14.3 Å². The second-order valence-electron chi connectivity index (χ2n) is 14.6. The molecule has 2 aliphatic heterocycles. The van der Waals surface area contributed by atoms with Crippen molar-refractivity contribution in [3.05, 3.63) is 101 Å². The summed E-state index contributed by atoms with van der Waals surface area (Å²) in [6, 6.07) is 14.9. The molecule has 0 saturated carbocycles. The molecule has 2 aromatic heterocycles. The quantitative estimate of drug-likeness (QED) is 0.158. The van der Waals surface area contributed by atoms with Crippen molar-refractivity contribution >= 4 is 20.8 Å². The fourth-order valence-electron chi connectivity index (χ4n) is 6.69. The number of nitrogens with zero attached hydrogens (tertiary/aromatic N) is 5. The van der Waals surface area contributed by atoms with E-state index in [9.17, 15) is 4.21 Å². The SMILES string of the molecule is CC(C)CN=[S@](C)(=O)c1cc(F)c2nc(Cc3cc(F)c(-c4cccc5c4O[C@@](C)(c4ccc(C#N)cn4)O5)cc3F)n([C@@H]3COCC3(C)C)c2c1. The molecule has 270 valence electrons. The van der Waals surface area contributed by atoms with E-state index in [-0.39, 0.29) is 51.2 Å². The van der Waals surface area contributed by atoms with E-state index in [1.54, 1.807) is 43.3 Å². The molecule has 13 heteroatoms. The minimum atomic E-state index is -2.94. The molecule has 4 heterocycles.